The monoisotopic (exact) mass is 328 g/mol. The highest BCUT2D eigenvalue weighted by atomic mass is 35.5. The Kier molecular flexibility index (Phi) is 4.11. The molecule has 0 saturated heterocycles. The largest absolute Gasteiger partial charge is 0.398 e. The first-order valence-corrected chi connectivity index (χ1v) is 7.91. The fourth-order valence-corrected chi connectivity index (χ4v) is 3.41. The highest BCUT2D eigenvalue weighted by Gasteiger charge is 2.19. The van der Waals surface area contributed by atoms with Crippen LogP contribution in [0.3, 0.4) is 0 Å². The van der Waals surface area contributed by atoms with Gasteiger partial charge in [0, 0.05) is 5.69 Å². The van der Waals surface area contributed by atoms with Gasteiger partial charge in [-0.05, 0) is 49.2 Å². The van der Waals surface area contributed by atoms with Crippen molar-refractivity contribution in [2.75, 3.05) is 10.5 Å². The smallest absolute Gasteiger partial charge is 0.263 e. The predicted molar refractivity (Wildman–Crippen MR) is 82.5 cm³/mol. The SMILES string of the molecule is Cc1cc(Cl)c(S(=O)(=O)Nc2ccc(C)c(F)c2)cc1N. The maximum absolute atomic E-state index is 13.5. The molecular weight excluding hydrogens is 315 g/mol. The molecule has 3 N–H and O–H groups in total. The van der Waals surface area contributed by atoms with E-state index in [1.807, 2.05) is 0 Å². The summed E-state index contributed by atoms with van der Waals surface area (Å²) in [5.74, 6) is -0.496. The van der Waals surface area contributed by atoms with Crippen LogP contribution in [0.2, 0.25) is 5.02 Å². The van der Waals surface area contributed by atoms with Gasteiger partial charge in [0.1, 0.15) is 10.7 Å². The van der Waals surface area contributed by atoms with Crippen molar-refractivity contribution in [3.8, 4) is 0 Å². The van der Waals surface area contributed by atoms with Crippen molar-refractivity contribution >= 4 is 33.0 Å². The van der Waals surface area contributed by atoms with Crippen LogP contribution in [0.4, 0.5) is 15.8 Å². The predicted octanol–water partition coefficient (Wildman–Crippen LogP) is 3.48. The van der Waals surface area contributed by atoms with Crippen molar-refractivity contribution < 1.29 is 12.8 Å². The van der Waals surface area contributed by atoms with Crippen molar-refractivity contribution in [3.63, 3.8) is 0 Å². The Morgan fingerprint density at radius 3 is 2.43 bits per heavy atom. The summed E-state index contributed by atoms with van der Waals surface area (Å²) < 4.78 is 40.4. The molecule has 2 rings (SSSR count). The van der Waals surface area contributed by atoms with Gasteiger partial charge < -0.3 is 5.73 Å². The summed E-state index contributed by atoms with van der Waals surface area (Å²) in [6, 6.07) is 6.82. The third-order valence-electron chi connectivity index (χ3n) is 3.03. The molecule has 0 unspecified atom stereocenters. The fourth-order valence-electron chi connectivity index (χ4n) is 1.74. The van der Waals surface area contributed by atoms with Crippen LogP contribution >= 0.6 is 11.6 Å². The van der Waals surface area contributed by atoms with E-state index in [-0.39, 0.29) is 15.6 Å². The molecule has 0 saturated carbocycles. The fraction of sp³-hybridized carbons (Fsp3) is 0.143. The number of nitrogens with one attached hydrogen (secondary N) is 1. The molecule has 21 heavy (non-hydrogen) atoms. The molecular formula is C14H14ClFN2O2S. The van der Waals surface area contributed by atoms with E-state index in [1.54, 1.807) is 13.8 Å². The Balaban J connectivity index is 2.43. The number of nitrogen functional groups attached to an aromatic ring is 1. The molecule has 0 atom stereocenters. The van der Waals surface area contributed by atoms with Gasteiger partial charge in [0.05, 0.1) is 10.7 Å². The average molecular weight is 329 g/mol. The number of sulfonamides is 1. The van der Waals surface area contributed by atoms with Gasteiger partial charge in [0.15, 0.2) is 0 Å². The van der Waals surface area contributed by atoms with E-state index in [9.17, 15) is 12.8 Å². The van der Waals surface area contributed by atoms with Crippen molar-refractivity contribution in [2.24, 2.45) is 0 Å². The molecule has 0 spiro atoms. The summed E-state index contributed by atoms with van der Waals surface area (Å²) in [5, 5.41) is 0.0572. The number of rotatable bonds is 3. The van der Waals surface area contributed by atoms with Crippen LogP contribution in [-0.4, -0.2) is 8.42 Å². The first kappa shape index (κ1) is 15.6. The van der Waals surface area contributed by atoms with Crippen LogP contribution in [-0.2, 0) is 10.0 Å². The van der Waals surface area contributed by atoms with E-state index in [0.717, 1.165) is 6.07 Å². The van der Waals surface area contributed by atoms with Gasteiger partial charge >= 0.3 is 0 Å². The van der Waals surface area contributed by atoms with E-state index < -0.39 is 15.8 Å². The van der Waals surface area contributed by atoms with E-state index in [4.69, 9.17) is 17.3 Å². The number of halogens is 2. The van der Waals surface area contributed by atoms with Crippen molar-refractivity contribution in [1.29, 1.82) is 0 Å². The lowest BCUT2D eigenvalue weighted by Gasteiger charge is -2.12. The summed E-state index contributed by atoms with van der Waals surface area (Å²) >= 11 is 5.96. The Morgan fingerprint density at radius 1 is 1.14 bits per heavy atom. The maximum Gasteiger partial charge on any atom is 0.263 e. The normalized spacial score (nSPS) is 11.4. The second kappa shape index (κ2) is 5.54. The number of nitrogens with two attached hydrogens (primary N) is 1. The molecule has 0 amide bonds. The highest BCUT2D eigenvalue weighted by molar-refractivity contribution is 7.92. The van der Waals surface area contributed by atoms with Gasteiger partial charge in [-0.3, -0.25) is 4.72 Å². The summed E-state index contributed by atoms with van der Waals surface area (Å²) in [7, 11) is -3.94. The number of anilines is 2. The zero-order valence-electron chi connectivity index (χ0n) is 11.4. The molecule has 0 bridgehead atoms. The van der Waals surface area contributed by atoms with Crippen LogP contribution < -0.4 is 10.5 Å². The molecule has 0 aliphatic rings. The van der Waals surface area contributed by atoms with Gasteiger partial charge in [0.2, 0.25) is 0 Å². The van der Waals surface area contributed by atoms with Crippen LogP contribution in [0, 0.1) is 19.7 Å². The molecule has 0 radical (unpaired) electrons. The zero-order valence-corrected chi connectivity index (χ0v) is 13.0. The lowest BCUT2D eigenvalue weighted by molar-refractivity contribution is 0.601. The Hall–Kier alpha value is -1.79. The highest BCUT2D eigenvalue weighted by Crippen LogP contribution is 2.28. The average Bonchev–Trinajstić information content (AvgIpc) is 2.37. The number of benzene rings is 2. The second-order valence-corrected chi connectivity index (χ2v) is 6.77. The number of hydrogen-bond donors (Lipinski definition) is 2. The molecule has 7 heteroatoms. The summed E-state index contributed by atoms with van der Waals surface area (Å²) in [6.07, 6.45) is 0. The molecule has 0 fully saturated rings. The molecule has 0 aliphatic carbocycles. The molecule has 2 aromatic carbocycles. The molecule has 112 valence electrons. The second-order valence-electron chi connectivity index (χ2n) is 4.71. The molecule has 0 heterocycles. The standard InChI is InChI=1S/C14H14ClFN2O2S/c1-8-3-4-10(6-12(8)16)18-21(19,20)14-7-13(17)9(2)5-11(14)15/h3-7,18H,17H2,1-2H3. The first-order chi connectivity index (χ1) is 9.70. The quantitative estimate of drug-likeness (QED) is 0.847. The molecule has 0 aromatic heterocycles. The van der Waals surface area contributed by atoms with E-state index in [2.05, 4.69) is 4.72 Å². The summed E-state index contributed by atoms with van der Waals surface area (Å²) in [4.78, 5) is -0.145. The first-order valence-electron chi connectivity index (χ1n) is 6.05. The van der Waals surface area contributed by atoms with Gasteiger partial charge in [-0.1, -0.05) is 17.7 Å². The van der Waals surface area contributed by atoms with Crippen LogP contribution in [0.25, 0.3) is 0 Å². The third-order valence-corrected chi connectivity index (χ3v) is 4.88. The van der Waals surface area contributed by atoms with Crippen LogP contribution in [0.5, 0.6) is 0 Å². The lowest BCUT2D eigenvalue weighted by Crippen LogP contribution is -2.14. The van der Waals surface area contributed by atoms with Gasteiger partial charge in [-0.25, -0.2) is 12.8 Å². The summed E-state index contributed by atoms with van der Waals surface area (Å²) in [6.45, 7) is 3.31. The Bertz CT molecular complexity index is 807. The van der Waals surface area contributed by atoms with Gasteiger partial charge in [-0.15, -0.1) is 0 Å². The van der Waals surface area contributed by atoms with E-state index in [0.29, 0.717) is 16.8 Å². The third kappa shape index (κ3) is 3.28. The van der Waals surface area contributed by atoms with Gasteiger partial charge in [0.25, 0.3) is 10.0 Å². The van der Waals surface area contributed by atoms with Crippen molar-refractivity contribution in [2.45, 2.75) is 18.7 Å². The number of aryl methyl sites for hydroxylation is 2. The maximum atomic E-state index is 13.5. The Labute approximate surface area is 127 Å². The van der Waals surface area contributed by atoms with Gasteiger partial charge in [-0.2, -0.15) is 0 Å². The Morgan fingerprint density at radius 2 is 1.81 bits per heavy atom. The molecule has 2 aromatic rings. The lowest BCUT2D eigenvalue weighted by atomic mass is 10.2. The minimum Gasteiger partial charge on any atom is -0.398 e. The van der Waals surface area contributed by atoms with E-state index in [1.165, 1.54) is 24.3 Å². The zero-order chi connectivity index (χ0) is 15.8. The molecule has 4 nitrogen and oxygen atoms in total. The topological polar surface area (TPSA) is 72.2 Å². The summed E-state index contributed by atoms with van der Waals surface area (Å²) in [5.41, 5.74) is 7.25. The number of hydrogen-bond acceptors (Lipinski definition) is 3. The van der Waals surface area contributed by atoms with Crippen LogP contribution in [0.1, 0.15) is 11.1 Å². The minimum absolute atomic E-state index is 0.0572. The van der Waals surface area contributed by atoms with Crippen molar-refractivity contribution in [1.82, 2.24) is 0 Å². The molecule has 0 aliphatic heterocycles. The minimum atomic E-state index is -3.94. The van der Waals surface area contributed by atoms with Crippen LogP contribution in [0.15, 0.2) is 35.2 Å². The van der Waals surface area contributed by atoms with E-state index >= 15 is 0 Å². The van der Waals surface area contributed by atoms with Crippen molar-refractivity contribution in [3.05, 3.63) is 52.3 Å².